The molecule has 0 heterocycles. The van der Waals surface area contributed by atoms with Crippen molar-refractivity contribution in [3.63, 3.8) is 0 Å². The van der Waals surface area contributed by atoms with E-state index in [1.165, 1.54) is 17.0 Å². The summed E-state index contributed by atoms with van der Waals surface area (Å²) in [6, 6.07) is 13.5. The Morgan fingerprint density at radius 3 is 2.36 bits per heavy atom. The molecule has 0 radical (unpaired) electrons. The Kier molecular flexibility index (Phi) is 5.80. The van der Waals surface area contributed by atoms with Gasteiger partial charge in [-0.3, -0.25) is 9.59 Å². The van der Waals surface area contributed by atoms with Crippen LogP contribution in [0.25, 0.3) is 0 Å². The average molecular weight is 350 g/mol. The predicted molar refractivity (Wildman–Crippen MR) is 87.6 cm³/mol. The zero-order chi connectivity index (χ0) is 18.4. The van der Waals surface area contributed by atoms with E-state index in [1.807, 2.05) is 30.3 Å². The molecule has 0 spiro atoms. The highest BCUT2D eigenvalue weighted by atomic mass is 19.4. The second-order valence-electron chi connectivity index (χ2n) is 5.54. The maximum absolute atomic E-state index is 12.7. The molecule has 1 N–H and O–H groups in total. The number of carbonyl (C=O) groups is 2. The Bertz CT molecular complexity index is 745. The zero-order valence-electron chi connectivity index (χ0n) is 13.5. The second kappa shape index (κ2) is 7.83. The number of rotatable bonds is 5. The summed E-state index contributed by atoms with van der Waals surface area (Å²) in [7, 11) is 1.56. The molecule has 0 unspecified atom stereocenters. The smallest absolute Gasteiger partial charge is 0.341 e. The van der Waals surface area contributed by atoms with Gasteiger partial charge in [-0.05, 0) is 23.8 Å². The van der Waals surface area contributed by atoms with Gasteiger partial charge in [0.25, 0.3) is 0 Å². The van der Waals surface area contributed by atoms with Crippen molar-refractivity contribution in [1.29, 1.82) is 0 Å². The monoisotopic (exact) mass is 350 g/mol. The van der Waals surface area contributed by atoms with Crippen LogP contribution in [0.5, 0.6) is 0 Å². The lowest BCUT2D eigenvalue weighted by Crippen LogP contribution is -2.30. The Morgan fingerprint density at radius 2 is 1.72 bits per heavy atom. The van der Waals surface area contributed by atoms with Crippen LogP contribution in [-0.2, 0) is 22.3 Å². The molecule has 0 aliphatic rings. The number of anilines is 1. The first-order valence-corrected chi connectivity index (χ1v) is 7.50. The fraction of sp³-hybridized carbons (Fsp3) is 0.222. The zero-order valence-corrected chi connectivity index (χ0v) is 13.5. The summed E-state index contributed by atoms with van der Waals surface area (Å²) in [6.45, 7) is 0.344. The molecule has 7 heteroatoms. The predicted octanol–water partition coefficient (Wildman–Crippen LogP) is 3.69. The molecule has 0 saturated heterocycles. The van der Waals surface area contributed by atoms with Gasteiger partial charge >= 0.3 is 6.18 Å². The van der Waals surface area contributed by atoms with E-state index in [1.54, 1.807) is 7.05 Å². The molecule has 0 aromatic heterocycles. The minimum Gasteiger partial charge on any atom is -0.341 e. The summed E-state index contributed by atoms with van der Waals surface area (Å²) >= 11 is 0. The van der Waals surface area contributed by atoms with Gasteiger partial charge in [-0.2, -0.15) is 13.2 Å². The van der Waals surface area contributed by atoms with Gasteiger partial charge in [0.1, 0.15) is 6.42 Å². The van der Waals surface area contributed by atoms with Crippen LogP contribution in [0.2, 0.25) is 0 Å². The minimum atomic E-state index is -4.49. The largest absolute Gasteiger partial charge is 0.416 e. The Hall–Kier alpha value is -2.83. The number of hydrogen-bond acceptors (Lipinski definition) is 2. The van der Waals surface area contributed by atoms with Crippen molar-refractivity contribution < 1.29 is 22.8 Å². The van der Waals surface area contributed by atoms with Crippen molar-refractivity contribution in [2.75, 3.05) is 12.4 Å². The van der Waals surface area contributed by atoms with Crippen LogP contribution in [0.1, 0.15) is 17.5 Å². The van der Waals surface area contributed by atoms with Gasteiger partial charge in [0, 0.05) is 19.3 Å². The highest BCUT2D eigenvalue weighted by molar-refractivity contribution is 6.03. The van der Waals surface area contributed by atoms with Gasteiger partial charge in [0.15, 0.2) is 0 Å². The molecule has 4 nitrogen and oxygen atoms in total. The number of hydrogen-bond donors (Lipinski definition) is 1. The fourth-order valence-corrected chi connectivity index (χ4v) is 2.20. The van der Waals surface area contributed by atoms with Crippen LogP contribution in [-0.4, -0.2) is 23.8 Å². The van der Waals surface area contributed by atoms with Gasteiger partial charge in [-0.25, -0.2) is 0 Å². The van der Waals surface area contributed by atoms with Crippen LogP contribution in [0.15, 0.2) is 54.6 Å². The van der Waals surface area contributed by atoms with Gasteiger partial charge < -0.3 is 10.2 Å². The number of nitrogens with zero attached hydrogens (tertiary/aromatic N) is 1. The normalized spacial score (nSPS) is 11.0. The summed E-state index contributed by atoms with van der Waals surface area (Å²) in [5.41, 5.74) is 0.0489. The molecule has 0 saturated carbocycles. The van der Waals surface area contributed by atoms with E-state index in [0.717, 1.165) is 17.7 Å². The summed E-state index contributed by atoms with van der Waals surface area (Å²) in [6.07, 6.45) is -4.94. The lowest BCUT2D eigenvalue weighted by molar-refractivity contribution is -0.138. The summed E-state index contributed by atoms with van der Waals surface area (Å²) in [5, 5.41) is 2.32. The maximum atomic E-state index is 12.7. The van der Waals surface area contributed by atoms with E-state index in [4.69, 9.17) is 0 Å². The van der Waals surface area contributed by atoms with Gasteiger partial charge in [-0.1, -0.05) is 36.4 Å². The number of carbonyl (C=O) groups excluding carboxylic acids is 2. The first kappa shape index (κ1) is 18.5. The highest BCUT2D eigenvalue weighted by Crippen LogP contribution is 2.30. The third kappa shape index (κ3) is 5.63. The van der Waals surface area contributed by atoms with E-state index < -0.39 is 30.0 Å². The molecule has 0 atom stereocenters. The quantitative estimate of drug-likeness (QED) is 0.836. The lowest BCUT2D eigenvalue weighted by Gasteiger charge is -2.17. The Morgan fingerprint density at radius 1 is 1.04 bits per heavy atom. The number of amides is 2. The SMILES string of the molecule is CN(Cc1ccccc1)C(=O)CC(=O)Nc1cccc(C(F)(F)F)c1. The van der Waals surface area contributed by atoms with Crippen molar-refractivity contribution in [2.45, 2.75) is 19.1 Å². The molecular weight excluding hydrogens is 333 g/mol. The van der Waals surface area contributed by atoms with E-state index in [-0.39, 0.29) is 5.69 Å². The lowest BCUT2D eigenvalue weighted by atomic mass is 10.2. The molecule has 0 fully saturated rings. The van der Waals surface area contributed by atoms with Crippen LogP contribution < -0.4 is 5.32 Å². The van der Waals surface area contributed by atoms with Crippen LogP contribution in [0, 0.1) is 0 Å². The third-order valence-electron chi connectivity index (χ3n) is 3.47. The summed E-state index contributed by atoms with van der Waals surface area (Å²) in [4.78, 5) is 25.4. The molecule has 0 aliphatic heterocycles. The number of alkyl halides is 3. The first-order chi connectivity index (χ1) is 11.8. The molecule has 2 aromatic carbocycles. The molecule has 2 aromatic rings. The fourth-order valence-electron chi connectivity index (χ4n) is 2.20. The maximum Gasteiger partial charge on any atom is 0.416 e. The first-order valence-electron chi connectivity index (χ1n) is 7.50. The molecule has 0 bridgehead atoms. The number of halogens is 3. The molecule has 132 valence electrons. The molecule has 0 aliphatic carbocycles. The molecule has 2 amide bonds. The third-order valence-corrected chi connectivity index (χ3v) is 3.47. The molecular formula is C18H17F3N2O2. The summed E-state index contributed by atoms with van der Waals surface area (Å²) < 4.78 is 38.0. The van der Waals surface area contributed by atoms with Crippen molar-refractivity contribution >= 4 is 17.5 Å². The van der Waals surface area contributed by atoms with E-state index >= 15 is 0 Å². The van der Waals surface area contributed by atoms with E-state index in [2.05, 4.69) is 5.32 Å². The van der Waals surface area contributed by atoms with Gasteiger partial charge in [0.2, 0.25) is 11.8 Å². The van der Waals surface area contributed by atoms with Crippen molar-refractivity contribution in [2.24, 2.45) is 0 Å². The van der Waals surface area contributed by atoms with Crippen LogP contribution in [0.3, 0.4) is 0 Å². The topological polar surface area (TPSA) is 49.4 Å². The van der Waals surface area contributed by atoms with Crippen LogP contribution >= 0.6 is 0 Å². The number of nitrogens with one attached hydrogen (secondary N) is 1. The standard InChI is InChI=1S/C18H17F3N2O2/c1-23(12-13-6-3-2-4-7-13)17(25)11-16(24)22-15-9-5-8-14(10-15)18(19,20)21/h2-10H,11-12H2,1H3,(H,22,24). The van der Waals surface area contributed by atoms with Crippen molar-refractivity contribution in [3.8, 4) is 0 Å². The van der Waals surface area contributed by atoms with E-state index in [9.17, 15) is 22.8 Å². The highest BCUT2D eigenvalue weighted by Gasteiger charge is 2.30. The molecule has 2 rings (SSSR count). The Labute approximate surface area is 143 Å². The van der Waals surface area contributed by atoms with Gasteiger partial charge in [0.05, 0.1) is 5.56 Å². The Balaban J connectivity index is 1.92. The van der Waals surface area contributed by atoms with Crippen molar-refractivity contribution in [1.82, 2.24) is 4.90 Å². The van der Waals surface area contributed by atoms with E-state index in [0.29, 0.717) is 6.54 Å². The van der Waals surface area contributed by atoms with Gasteiger partial charge in [-0.15, -0.1) is 0 Å². The minimum absolute atomic E-state index is 0.00154. The molecule has 25 heavy (non-hydrogen) atoms. The van der Waals surface area contributed by atoms with Crippen LogP contribution in [0.4, 0.5) is 18.9 Å². The average Bonchev–Trinajstić information content (AvgIpc) is 2.55. The second-order valence-corrected chi connectivity index (χ2v) is 5.54. The summed E-state index contributed by atoms with van der Waals surface area (Å²) in [5.74, 6) is -1.09. The van der Waals surface area contributed by atoms with Crippen molar-refractivity contribution in [3.05, 3.63) is 65.7 Å². The number of benzene rings is 2.